The van der Waals surface area contributed by atoms with Crippen molar-refractivity contribution >= 4 is 0 Å². The Morgan fingerprint density at radius 1 is 1.21 bits per heavy atom. The molecule has 0 fully saturated rings. The Labute approximate surface area is 121 Å². The molecular formula is C19H34. The van der Waals surface area contributed by atoms with Crippen LogP contribution in [-0.4, -0.2) is 0 Å². The van der Waals surface area contributed by atoms with E-state index in [4.69, 9.17) is 0 Å². The fourth-order valence-corrected chi connectivity index (χ4v) is 3.89. The Kier molecular flexibility index (Phi) is 7.49. The fourth-order valence-electron chi connectivity index (χ4n) is 3.89. The van der Waals surface area contributed by atoms with E-state index in [2.05, 4.69) is 40.7 Å². The summed E-state index contributed by atoms with van der Waals surface area (Å²) in [5, 5.41) is 0. The maximum Gasteiger partial charge on any atom is -0.0162 e. The second-order valence-electron chi connectivity index (χ2n) is 6.21. The molecule has 0 spiro atoms. The van der Waals surface area contributed by atoms with Crippen molar-refractivity contribution < 1.29 is 0 Å². The summed E-state index contributed by atoms with van der Waals surface area (Å²) in [6.45, 7) is 11.7. The zero-order valence-electron chi connectivity index (χ0n) is 13.9. The quantitative estimate of drug-likeness (QED) is 0.480. The Hall–Kier alpha value is -0.520. The Morgan fingerprint density at radius 3 is 2.32 bits per heavy atom. The van der Waals surface area contributed by atoms with Crippen LogP contribution in [0.3, 0.4) is 0 Å². The van der Waals surface area contributed by atoms with E-state index in [1.54, 1.807) is 16.7 Å². The van der Waals surface area contributed by atoms with Gasteiger partial charge < -0.3 is 0 Å². The molecule has 0 saturated carbocycles. The first-order chi connectivity index (χ1) is 9.19. The number of hydrogen-bond acceptors (Lipinski definition) is 0. The maximum atomic E-state index is 2.43. The molecule has 110 valence electrons. The molecule has 1 rings (SSSR count). The van der Waals surface area contributed by atoms with Gasteiger partial charge in [0.25, 0.3) is 0 Å². The van der Waals surface area contributed by atoms with Crippen LogP contribution in [0.5, 0.6) is 0 Å². The van der Waals surface area contributed by atoms with Crippen LogP contribution in [0.2, 0.25) is 0 Å². The predicted molar refractivity (Wildman–Crippen MR) is 87.4 cm³/mol. The van der Waals surface area contributed by atoms with Gasteiger partial charge in [-0.05, 0) is 75.4 Å². The van der Waals surface area contributed by atoms with Crippen LogP contribution in [0.25, 0.3) is 0 Å². The van der Waals surface area contributed by atoms with Crippen LogP contribution >= 0.6 is 0 Å². The van der Waals surface area contributed by atoms with Crippen LogP contribution in [-0.2, 0) is 0 Å². The Morgan fingerprint density at radius 2 is 1.84 bits per heavy atom. The third-order valence-corrected chi connectivity index (χ3v) is 4.80. The molecule has 0 amide bonds. The average Bonchev–Trinajstić information content (AvgIpc) is 2.41. The van der Waals surface area contributed by atoms with Crippen LogP contribution in [0.15, 0.2) is 22.8 Å². The molecule has 0 radical (unpaired) electrons. The predicted octanol–water partition coefficient (Wildman–Crippen LogP) is 6.68. The summed E-state index contributed by atoms with van der Waals surface area (Å²) in [5.41, 5.74) is 5.14. The molecule has 1 unspecified atom stereocenters. The van der Waals surface area contributed by atoms with Gasteiger partial charge >= 0.3 is 0 Å². The molecule has 19 heavy (non-hydrogen) atoms. The summed E-state index contributed by atoms with van der Waals surface area (Å²) in [6.07, 6.45) is 13.2. The lowest BCUT2D eigenvalue weighted by atomic mass is 9.73. The van der Waals surface area contributed by atoms with Gasteiger partial charge in [-0.1, -0.05) is 45.3 Å². The van der Waals surface area contributed by atoms with Crippen molar-refractivity contribution in [2.24, 2.45) is 11.8 Å². The lowest BCUT2D eigenvalue weighted by molar-refractivity contribution is 0.450. The van der Waals surface area contributed by atoms with Gasteiger partial charge in [0.15, 0.2) is 0 Å². The van der Waals surface area contributed by atoms with E-state index in [1.165, 1.54) is 51.4 Å². The standard InChI is InChI=1S/C19H34/c1-6-11-17(12-7-2)18(9-4)19-15(5)13-10-14-16(19)8-3/h9,16-17H,6-8,10-14H2,1-5H3/b18-9-. The lowest BCUT2D eigenvalue weighted by Crippen LogP contribution is -2.17. The van der Waals surface area contributed by atoms with Crippen molar-refractivity contribution in [3.8, 4) is 0 Å². The van der Waals surface area contributed by atoms with Crippen molar-refractivity contribution in [1.82, 2.24) is 0 Å². The van der Waals surface area contributed by atoms with E-state index in [0.717, 1.165) is 11.8 Å². The van der Waals surface area contributed by atoms with Gasteiger partial charge in [-0.15, -0.1) is 0 Å². The molecule has 0 heteroatoms. The summed E-state index contributed by atoms with van der Waals surface area (Å²) in [6, 6.07) is 0. The SMILES string of the molecule is C/C=C(\C1=C(C)CCCC1CC)C(CCC)CCC. The minimum Gasteiger partial charge on any atom is -0.0839 e. The molecule has 1 aliphatic rings. The molecule has 0 aromatic rings. The first kappa shape index (κ1) is 16.5. The zero-order valence-corrected chi connectivity index (χ0v) is 13.9. The summed E-state index contributed by atoms with van der Waals surface area (Å²) >= 11 is 0. The summed E-state index contributed by atoms with van der Waals surface area (Å²) in [4.78, 5) is 0. The second kappa shape index (κ2) is 8.61. The van der Waals surface area contributed by atoms with Gasteiger partial charge in [-0.25, -0.2) is 0 Å². The highest BCUT2D eigenvalue weighted by molar-refractivity contribution is 5.39. The average molecular weight is 262 g/mol. The number of allylic oxidation sites excluding steroid dienone is 4. The fraction of sp³-hybridized carbons (Fsp3) is 0.789. The van der Waals surface area contributed by atoms with E-state index < -0.39 is 0 Å². The zero-order chi connectivity index (χ0) is 14.3. The molecule has 0 saturated heterocycles. The molecule has 0 N–H and O–H groups in total. The van der Waals surface area contributed by atoms with Gasteiger partial charge in [0.05, 0.1) is 0 Å². The van der Waals surface area contributed by atoms with Gasteiger partial charge in [-0.3, -0.25) is 0 Å². The molecular weight excluding hydrogens is 228 g/mol. The summed E-state index contributed by atoms with van der Waals surface area (Å²) in [5.74, 6) is 1.63. The minimum absolute atomic E-state index is 0.803. The lowest BCUT2D eigenvalue weighted by Gasteiger charge is -2.32. The molecule has 1 aliphatic carbocycles. The van der Waals surface area contributed by atoms with E-state index in [-0.39, 0.29) is 0 Å². The molecule has 0 heterocycles. The van der Waals surface area contributed by atoms with E-state index in [9.17, 15) is 0 Å². The van der Waals surface area contributed by atoms with Crippen LogP contribution in [0.4, 0.5) is 0 Å². The van der Waals surface area contributed by atoms with Crippen molar-refractivity contribution in [2.75, 3.05) is 0 Å². The van der Waals surface area contributed by atoms with E-state index >= 15 is 0 Å². The highest BCUT2D eigenvalue weighted by Gasteiger charge is 2.25. The van der Waals surface area contributed by atoms with Crippen molar-refractivity contribution in [3.05, 3.63) is 22.8 Å². The maximum absolute atomic E-state index is 2.43. The molecule has 0 aromatic heterocycles. The van der Waals surface area contributed by atoms with Gasteiger partial charge in [-0.2, -0.15) is 0 Å². The second-order valence-corrected chi connectivity index (χ2v) is 6.21. The monoisotopic (exact) mass is 262 g/mol. The highest BCUT2D eigenvalue weighted by atomic mass is 14.3. The van der Waals surface area contributed by atoms with Crippen molar-refractivity contribution in [2.45, 2.75) is 86.0 Å². The van der Waals surface area contributed by atoms with Crippen LogP contribution in [0, 0.1) is 11.8 Å². The normalized spacial score (nSPS) is 21.4. The van der Waals surface area contributed by atoms with Crippen molar-refractivity contribution in [1.29, 1.82) is 0 Å². The van der Waals surface area contributed by atoms with Gasteiger partial charge in [0.2, 0.25) is 0 Å². The number of rotatable bonds is 7. The minimum atomic E-state index is 0.803. The summed E-state index contributed by atoms with van der Waals surface area (Å²) < 4.78 is 0. The smallest absolute Gasteiger partial charge is 0.0162 e. The van der Waals surface area contributed by atoms with Gasteiger partial charge in [0.1, 0.15) is 0 Å². The van der Waals surface area contributed by atoms with Crippen LogP contribution < -0.4 is 0 Å². The Balaban J connectivity index is 3.05. The molecule has 0 aromatic carbocycles. The Bertz CT molecular complexity index is 313. The topological polar surface area (TPSA) is 0 Å². The third-order valence-electron chi connectivity index (χ3n) is 4.80. The molecule has 0 nitrogen and oxygen atoms in total. The van der Waals surface area contributed by atoms with E-state index in [0.29, 0.717) is 0 Å². The van der Waals surface area contributed by atoms with Crippen molar-refractivity contribution in [3.63, 3.8) is 0 Å². The first-order valence-electron chi connectivity index (χ1n) is 8.55. The highest BCUT2D eigenvalue weighted by Crippen LogP contribution is 2.41. The molecule has 1 atom stereocenters. The summed E-state index contributed by atoms with van der Waals surface area (Å²) in [7, 11) is 0. The number of hydrogen-bond donors (Lipinski definition) is 0. The van der Waals surface area contributed by atoms with Gasteiger partial charge in [0, 0.05) is 0 Å². The van der Waals surface area contributed by atoms with E-state index in [1.807, 2.05) is 0 Å². The molecule has 0 aliphatic heterocycles. The van der Waals surface area contributed by atoms with Crippen LogP contribution in [0.1, 0.15) is 86.0 Å². The third kappa shape index (κ3) is 4.23. The largest absolute Gasteiger partial charge is 0.0839 e. The molecule has 0 bridgehead atoms. The first-order valence-corrected chi connectivity index (χ1v) is 8.55.